The summed E-state index contributed by atoms with van der Waals surface area (Å²) in [4.78, 5) is 0. The fourth-order valence-electron chi connectivity index (χ4n) is 2.68. The van der Waals surface area contributed by atoms with E-state index in [1.807, 2.05) is 6.92 Å². The van der Waals surface area contributed by atoms with Crippen molar-refractivity contribution in [1.82, 2.24) is 5.32 Å². The Hall–Kier alpha value is -0.590. The van der Waals surface area contributed by atoms with Crippen LogP contribution in [0.15, 0.2) is 0 Å². The molecule has 0 saturated heterocycles. The summed E-state index contributed by atoms with van der Waals surface area (Å²) in [5, 5.41) is 12.5. The van der Waals surface area contributed by atoms with Crippen LogP contribution in [-0.2, 0) is 4.74 Å². The summed E-state index contributed by atoms with van der Waals surface area (Å²) in [7, 11) is 0. The molecule has 0 aromatic heterocycles. The number of nitrogens with zero attached hydrogens (tertiary/aromatic N) is 1. The molecule has 0 aliphatic heterocycles. The van der Waals surface area contributed by atoms with Crippen molar-refractivity contribution < 1.29 is 4.74 Å². The highest BCUT2D eigenvalue weighted by atomic mass is 16.5. The second-order valence-electron chi connectivity index (χ2n) is 6.44. The first-order valence-electron chi connectivity index (χ1n) is 7.17. The van der Waals surface area contributed by atoms with Crippen LogP contribution in [0.25, 0.3) is 0 Å². The largest absolute Gasteiger partial charge is 0.375 e. The van der Waals surface area contributed by atoms with Crippen LogP contribution >= 0.6 is 0 Å². The van der Waals surface area contributed by atoms with Crippen LogP contribution in [0.2, 0.25) is 0 Å². The summed E-state index contributed by atoms with van der Waals surface area (Å²) in [6.45, 7) is 11.1. The lowest BCUT2D eigenvalue weighted by molar-refractivity contribution is -0.0161. The highest BCUT2D eigenvalue weighted by Gasteiger charge is 2.29. The number of hydrogen-bond donors (Lipinski definition) is 1. The molecule has 0 heterocycles. The van der Waals surface area contributed by atoms with Crippen LogP contribution in [0.3, 0.4) is 0 Å². The molecule has 1 saturated carbocycles. The van der Waals surface area contributed by atoms with E-state index in [0.29, 0.717) is 18.8 Å². The summed E-state index contributed by atoms with van der Waals surface area (Å²) in [5.74, 6) is 1.54. The van der Waals surface area contributed by atoms with Gasteiger partial charge in [0.1, 0.15) is 5.54 Å². The number of nitrogens with one attached hydrogen (secondary N) is 1. The minimum Gasteiger partial charge on any atom is -0.375 e. The van der Waals surface area contributed by atoms with Gasteiger partial charge < -0.3 is 4.74 Å². The Kier molecular flexibility index (Phi) is 5.62. The third-order valence-corrected chi connectivity index (χ3v) is 4.01. The lowest BCUT2D eigenvalue weighted by atomic mass is 9.80. The van der Waals surface area contributed by atoms with Gasteiger partial charge in [0.2, 0.25) is 0 Å². The van der Waals surface area contributed by atoms with E-state index in [-0.39, 0.29) is 0 Å². The molecule has 0 spiro atoms. The van der Waals surface area contributed by atoms with Gasteiger partial charge in [0.15, 0.2) is 0 Å². The molecule has 0 aromatic carbocycles. The molecule has 0 bridgehead atoms. The maximum atomic E-state index is 9.27. The van der Waals surface area contributed by atoms with E-state index < -0.39 is 5.54 Å². The Morgan fingerprint density at radius 3 is 2.50 bits per heavy atom. The summed E-state index contributed by atoms with van der Waals surface area (Å²) >= 11 is 0. The van der Waals surface area contributed by atoms with Crippen molar-refractivity contribution in [2.24, 2.45) is 11.8 Å². The third kappa shape index (κ3) is 4.59. The molecule has 1 aliphatic rings. The van der Waals surface area contributed by atoms with E-state index in [9.17, 15) is 5.26 Å². The van der Waals surface area contributed by atoms with Crippen LogP contribution in [0.1, 0.15) is 53.9 Å². The summed E-state index contributed by atoms with van der Waals surface area (Å²) in [5.41, 5.74) is -0.569. The zero-order chi connectivity index (χ0) is 13.8. The molecule has 1 fully saturated rings. The van der Waals surface area contributed by atoms with Crippen LogP contribution < -0.4 is 5.32 Å². The zero-order valence-corrected chi connectivity index (χ0v) is 12.5. The minimum absolute atomic E-state index is 0.295. The normalized spacial score (nSPS) is 31.9. The van der Waals surface area contributed by atoms with Gasteiger partial charge in [-0.15, -0.1) is 0 Å². The van der Waals surface area contributed by atoms with Crippen molar-refractivity contribution in [1.29, 1.82) is 5.26 Å². The van der Waals surface area contributed by atoms with Gasteiger partial charge in [-0.3, -0.25) is 5.32 Å². The highest BCUT2D eigenvalue weighted by Crippen LogP contribution is 2.31. The Labute approximate surface area is 112 Å². The SMILES string of the molecule is CC(C)NC(C)(C#N)COC1CCC(C)C(C)C1. The molecular formula is C15H28N2O. The average molecular weight is 252 g/mol. The molecular weight excluding hydrogens is 224 g/mol. The molecule has 18 heavy (non-hydrogen) atoms. The van der Waals surface area contributed by atoms with Crippen molar-refractivity contribution in [3.05, 3.63) is 0 Å². The number of nitriles is 1. The molecule has 4 atom stereocenters. The molecule has 4 unspecified atom stereocenters. The van der Waals surface area contributed by atoms with Gasteiger partial charge in [0.05, 0.1) is 18.8 Å². The Balaban J connectivity index is 2.42. The molecule has 0 aromatic rings. The number of hydrogen-bond acceptors (Lipinski definition) is 3. The molecule has 3 heteroatoms. The van der Waals surface area contributed by atoms with Gasteiger partial charge in [0, 0.05) is 6.04 Å². The third-order valence-electron chi connectivity index (χ3n) is 4.01. The number of rotatable bonds is 5. The van der Waals surface area contributed by atoms with Crippen LogP contribution in [0.4, 0.5) is 0 Å². The maximum absolute atomic E-state index is 9.27. The number of ether oxygens (including phenoxy) is 1. The van der Waals surface area contributed by atoms with Crippen molar-refractivity contribution in [3.63, 3.8) is 0 Å². The predicted octanol–water partition coefficient (Wildman–Crippen LogP) is 3.11. The lowest BCUT2D eigenvalue weighted by Gasteiger charge is -2.34. The van der Waals surface area contributed by atoms with Crippen LogP contribution in [-0.4, -0.2) is 24.3 Å². The van der Waals surface area contributed by atoms with E-state index >= 15 is 0 Å². The van der Waals surface area contributed by atoms with Gasteiger partial charge in [-0.05, 0) is 51.9 Å². The van der Waals surface area contributed by atoms with Gasteiger partial charge >= 0.3 is 0 Å². The van der Waals surface area contributed by atoms with Gasteiger partial charge in [0.25, 0.3) is 0 Å². The quantitative estimate of drug-likeness (QED) is 0.817. The summed E-state index contributed by atoms with van der Waals surface area (Å²) in [6, 6.07) is 2.63. The first-order chi connectivity index (χ1) is 8.36. The standard InChI is InChI=1S/C15H28N2O/c1-11(2)17-15(5,9-16)10-18-14-7-6-12(3)13(4)8-14/h11-14,17H,6-8,10H2,1-5H3. The van der Waals surface area contributed by atoms with E-state index in [2.05, 4.69) is 39.1 Å². The van der Waals surface area contributed by atoms with Crippen molar-refractivity contribution in [2.45, 2.75) is 71.6 Å². The Bertz CT molecular complexity index is 297. The minimum atomic E-state index is -0.569. The van der Waals surface area contributed by atoms with Crippen molar-refractivity contribution >= 4 is 0 Å². The second kappa shape index (κ2) is 6.54. The Morgan fingerprint density at radius 2 is 2.00 bits per heavy atom. The first-order valence-corrected chi connectivity index (χ1v) is 7.17. The topological polar surface area (TPSA) is 45.0 Å². The molecule has 3 nitrogen and oxygen atoms in total. The van der Waals surface area contributed by atoms with E-state index in [1.54, 1.807) is 0 Å². The molecule has 0 amide bonds. The van der Waals surface area contributed by atoms with Gasteiger partial charge in [-0.2, -0.15) is 5.26 Å². The van der Waals surface area contributed by atoms with Crippen molar-refractivity contribution in [3.8, 4) is 6.07 Å². The van der Waals surface area contributed by atoms with E-state index in [0.717, 1.165) is 24.7 Å². The summed E-state index contributed by atoms with van der Waals surface area (Å²) < 4.78 is 5.97. The van der Waals surface area contributed by atoms with E-state index in [4.69, 9.17) is 4.74 Å². The first kappa shape index (κ1) is 15.5. The van der Waals surface area contributed by atoms with Gasteiger partial charge in [-0.25, -0.2) is 0 Å². The predicted molar refractivity (Wildman–Crippen MR) is 74.2 cm³/mol. The molecule has 104 valence electrons. The molecule has 1 rings (SSSR count). The molecule has 1 N–H and O–H groups in total. The van der Waals surface area contributed by atoms with Crippen LogP contribution in [0.5, 0.6) is 0 Å². The fraction of sp³-hybridized carbons (Fsp3) is 0.933. The fourth-order valence-corrected chi connectivity index (χ4v) is 2.68. The molecule has 1 aliphatic carbocycles. The molecule has 0 radical (unpaired) electrons. The smallest absolute Gasteiger partial charge is 0.127 e. The Morgan fingerprint density at radius 1 is 1.33 bits per heavy atom. The lowest BCUT2D eigenvalue weighted by Crippen LogP contribution is -2.49. The maximum Gasteiger partial charge on any atom is 0.127 e. The van der Waals surface area contributed by atoms with Crippen molar-refractivity contribution in [2.75, 3.05) is 6.61 Å². The average Bonchev–Trinajstić information content (AvgIpc) is 2.30. The van der Waals surface area contributed by atoms with Gasteiger partial charge in [-0.1, -0.05) is 13.8 Å². The highest BCUT2D eigenvalue weighted by molar-refractivity contribution is 5.04. The monoisotopic (exact) mass is 252 g/mol. The zero-order valence-electron chi connectivity index (χ0n) is 12.5. The summed E-state index contributed by atoms with van der Waals surface area (Å²) in [6.07, 6.45) is 3.84. The van der Waals surface area contributed by atoms with Crippen LogP contribution in [0, 0.1) is 23.2 Å². The second-order valence-corrected chi connectivity index (χ2v) is 6.44. The van der Waals surface area contributed by atoms with E-state index in [1.165, 1.54) is 6.42 Å².